The van der Waals surface area contributed by atoms with Gasteiger partial charge in [0.05, 0.1) is 0 Å². The Labute approximate surface area is 127 Å². The largest absolute Gasteiger partial charge is 0.480 e. The van der Waals surface area contributed by atoms with E-state index < -0.39 is 17.9 Å². The number of hydrogen-bond donors (Lipinski definition) is 2. The van der Waals surface area contributed by atoms with Gasteiger partial charge in [0, 0.05) is 16.3 Å². The van der Waals surface area contributed by atoms with Crippen molar-refractivity contribution in [1.82, 2.24) is 9.69 Å². The van der Waals surface area contributed by atoms with Gasteiger partial charge in [-0.05, 0) is 35.3 Å². The number of nitrogens with zero attached hydrogens (tertiary/aromatic N) is 1. The molecule has 0 radical (unpaired) electrons. The lowest BCUT2D eigenvalue weighted by Crippen LogP contribution is -2.42. The Morgan fingerprint density at radius 3 is 2.80 bits per heavy atom. The highest BCUT2D eigenvalue weighted by atomic mass is 79.9. The molecule has 1 aromatic heterocycles. The van der Waals surface area contributed by atoms with Gasteiger partial charge >= 0.3 is 5.97 Å². The van der Waals surface area contributed by atoms with Gasteiger partial charge in [-0.15, -0.1) is 0 Å². The molecule has 7 heteroatoms. The number of rotatable bonds is 5. The minimum Gasteiger partial charge on any atom is -0.480 e. The number of benzene rings is 1. The molecular formula is C13H11BrN2O3S. The van der Waals surface area contributed by atoms with Crippen molar-refractivity contribution in [2.75, 3.05) is 0 Å². The average molecular weight is 355 g/mol. The number of carbonyl (C=O) groups is 2. The monoisotopic (exact) mass is 354 g/mol. The molecule has 1 atom stereocenters. The van der Waals surface area contributed by atoms with Gasteiger partial charge in [0.2, 0.25) is 0 Å². The zero-order valence-corrected chi connectivity index (χ0v) is 12.6. The predicted molar refractivity (Wildman–Crippen MR) is 78.9 cm³/mol. The molecule has 104 valence electrons. The second-order valence-corrected chi connectivity index (χ2v) is 5.66. The summed E-state index contributed by atoms with van der Waals surface area (Å²) in [5.74, 6) is -1.55. The number of carboxylic acids is 1. The van der Waals surface area contributed by atoms with Crippen LogP contribution in [0.5, 0.6) is 0 Å². The number of aliphatic carboxylic acids is 1. The fourth-order valence-corrected chi connectivity index (χ4v) is 2.62. The van der Waals surface area contributed by atoms with Crippen LogP contribution in [-0.2, 0) is 11.2 Å². The highest BCUT2D eigenvalue weighted by Gasteiger charge is 2.21. The number of aromatic nitrogens is 1. The maximum atomic E-state index is 11.8. The summed E-state index contributed by atoms with van der Waals surface area (Å²) in [5.41, 5.74) is 1.06. The Bertz CT molecular complexity index is 616. The van der Waals surface area contributed by atoms with Gasteiger partial charge in [0.1, 0.15) is 11.7 Å². The predicted octanol–water partition coefficient (Wildman–Crippen LogP) is 2.33. The summed E-state index contributed by atoms with van der Waals surface area (Å²) in [4.78, 5) is 23.1. The van der Waals surface area contributed by atoms with E-state index >= 15 is 0 Å². The molecule has 0 fully saturated rings. The van der Waals surface area contributed by atoms with E-state index in [1.165, 1.54) is 0 Å². The summed E-state index contributed by atoms with van der Waals surface area (Å²) < 4.78 is 4.74. The highest BCUT2D eigenvalue weighted by molar-refractivity contribution is 9.10. The van der Waals surface area contributed by atoms with E-state index in [1.54, 1.807) is 11.4 Å². The molecule has 2 rings (SSSR count). The number of amides is 1. The molecule has 0 spiro atoms. The molecular weight excluding hydrogens is 344 g/mol. The van der Waals surface area contributed by atoms with Gasteiger partial charge in [-0.3, -0.25) is 4.79 Å². The van der Waals surface area contributed by atoms with E-state index in [4.69, 9.17) is 0 Å². The Morgan fingerprint density at radius 2 is 2.20 bits per heavy atom. The minimum absolute atomic E-state index is 0.213. The van der Waals surface area contributed by atoms with Crippen molar-refractivity contribution in [3.8, 4) is 0 Å². The van der Waals surface area contributed by atoms with Crippen LogP contribution in [0, 0.1) is 0 Å². The maximum Gasteiger partial charge on any atom is 0.326 e. The number of nitrogens with one attached hydrogen (secondary N) is 1. The lowest BCUT2D eigenvalue weighted by Gasteiger charge is -2.14. The second-order valence-electron chi connectivity index (χ2n) is 4.08. The molecule has 1 aromatic carbocycles. The van der Waals surface area contributed by atoms with Crippen LogP contribution < -0.4 is 5.32 Å². The third-order valence-corrected chi connectivity index (χ3v) is 3.66. The summed E-state index contributed by atoms with van der Waals surface area (Å²) in [6, 6.07) is 7.88. The number of carboxylic acid groups (broad SMARTS) is 1. The Hall–Kier alpha value is -1.73. The molecule has 0 saturated heterocycles. The zero-order chi connectivity index (χ0) is 14.5. The summed E-state index contributed by atoms with van der Waals surface area (Å²) in [6.45, 7) is 0. The Kier molecular flexibility index (Phi) is 4.86. The van der Waals surface area contributed by atoms with Crippen LogP contribution in [-0.4, -0.2) is 27.4 Å². The average Bonchev–Trinajstić information content (AvgIpc) is 2.91. The van der Waals surface area contributed by atoms with E-state index in [1.807, 2.05) is 24.3 Å². The third-order valence-electron chi connectivity index (χ3n) is 2.60. The topological polar surface area (TPSA) is 79.3 Å². The standard InChI is InChI=1S/C13H11BrN2O3S/c14-9-3-1-2-8(6-9)7-11(13(18)19)15-12(17)10-4-5-20-16-10/h1-6,11H,7H2,(H,15,17)(H,18,19). The number of halogens is 1. The quantitative estimate of drug-likeness (QED) is 0.863. The van der Waals surface area contributed by atoms with E-state index in [0.29, 0.717) is 0 Å². The Balaban J connectivity index is 2.08. The smallest absolute Gasteiger partial charge is 0.326 e. The lowest BCUT2D eigenvalue weighted by molar-refractivity contribution is -0.139. The van der Waals surface area contributed by atoms with Crippen molar-refractivity contribution >= 4 is 39.3 Å². The van der Waals surface area contributed by atoms with Crippen LogP contribution in [0.25, 0.3) is 0 Å². The normalized spacial score (nSPS) is 11.8. The van der Waals surface area contributed by atoms with Crippen LogP contribution in [0.4, 0.5) is 0 Å². The van der Waals surface area contributed by atoms with Crippen LogP contribution in [0.1, 0.15) is 16.1 Å². The molecule has 0 aliphatic rings. The lowest BCUT2D eigenvalue weighted by atomic mass is 10.1. The van der Waals surface area contributed by atoms with Gasteiger partial charge in [0.25, 0.3) is 5.91 Å². The number of carbonyl (C=O) groups excluding carboxylic acids is 1. The molecule has 1 unspecified atom stereocenters. The molecule has 1 amide bonds. The van der Waals surface area contributed by atoms with Crippen molar-refractivity contribution in [2.24, 2.45) is 0 Å². The first-order chi connectivity index (χ1) is 9.56. The van der Waals surface area contributed by atoms with Gasteiger partial charge in [-0.2, -0.15) is 4.37 Å². The molecule has 1 heterocycles. The van der Waals surface area contributed by atoms with Crippen LogP contribution in [0.2, 0.25) is 0 Å². The molecule has 0 bridgehead atoms. The summed E-state index contributed by atoms with van der Waals surface area (Å²) >= 11 is 4.47. The first-order valence-electron chi connectivity index (χ1n) is 5.75. The molecule has 2 N–H and O–H groups in total. The van der Waals surface area contributed by atoms with Gasteiger partial charge in [-0.1, -0.05) is 28.1 Å². The van der Waals surface area contributed by atoms with Crippen molar-refractivity contribution in [3.05, 3.63) is 51.4 Å². The van der Waals surface area contributed by atoms with Crippen molar-refractivity contribution in [1.29, 1.82) is 0 Å². The summed E-state index contributed by atoms with van der Waals surface area (Å²) in [7, 11) is 0. The SMILES string of the molecule is O=C(NC(Cc1cccc(Br)c1)C(=O)O)c1ccsn1. The van der Waals surface area contributed by atoms with E-state index in [0.717, 1.165) is 21.6 Å². The first-order valence-corrected chi connectivity index (χ1v) is 7.37. The van der Waals surface area contributed by atoms with Crippen molar-refractivity contribution in [2.45, 2.75) is 12.5 Å². The zero-order valence-electron chi connectivity index (χ0n) is 10.2. The molecule has 0 saturated carbocycles. The van der Waals surface area contributed by atoms with E-state index in [9.17, 15) is 14.7 Å². The van der Waals surface area contributed by atoms with E-state index in [2.05, 4.69) is 25.6 Å². The van der Waals surface area contributed by atoms with Crippen molar-refractivity contribution in [3.63, 3.8) is 0 Å². The molecule has 2 aromatic rings. The fourth-order valence-electron chi connectivity index (χ4n) is 1.66. The highest BCUT2D eigenvalue weighted by Crippen LogP contribution is 2.13. The van der Waals surface area contributed by atoms with Crippen LogP contribution >= 0.6 is 27.5 Å². The number of hydrogen-bond acceptors (Lipinski definition) is 4. The first kappa shape index (κ1) is 14.7. The second kappa shape index (κ2) is 6.62. The van der Waals surface area contributed by atoms with Gasteiger partial charge in [-0.25, -0.2) is 4.79 Å². The Morgan fingerprint density at radius 1 is 1.40 bits per heavy atom. The molecule has 0 aliphatic heterocycles. The van der Waals surface area contributed by atoms with E-state index in [-0.39, 0.29) is 12.1 Å². The van der Waals surface area contributed by atoms with Crippen LogP contribution in [0.15, 0.2) is 40.2 Å². The van der Waals surface area contributed by atoms with Gasteiger partial charge in [0.15, 0.2) is 0 Å². The minimum atomic E-state index is -1.08. The third kappa shape index (κ3) is 3.88. The fraction of sp³-hybridized carbons (Fsp3) is 0.154. The molecule has 20 heavy (non-hydrogen) atoms. The maximum absolute atomic E-state index is 11.8. The van der Waals surface area contributed by atoms with Gasteiger partial charge < -0.3 is 10.4 Å². The molecule has 5 nitrogen and oxygen atoms in total. The summed E-state index contributed by atoms with van der Waals surface area (Å²) in [6.07, 6.45) is 0.213. The van der Waals surface area contributed by atoms with Crippen LogP contribution in [0.3, 0.4) is 0 Å². The molecule has 0 aliphatic carbocycles. The van der Waals surface area contributed by atoms with Crippen molar-refractivity contribution < 1.29 is 14.7 Å². The summed E-state index contributed by atoms with van der Waals surface area (Å²) in [5, 5.41) is 13.3.